The number of nitrogens with one attached hydrogen (secondary N) is 2. The number of likely N-dealkylation sites (N-methyl/N-ethyl adjacent to an activating group) is 1. The first-order valence-corrected chi connectivity index (χ1v) is 14.9. The number of rotatable bonds is 7. The summed E-state index contributed by atoms with van der Waals surface area (Å²) in [6, 6.07) is 15.9. The van der Waals surface area contributed by atoms with Gasteiger partial charge >= 0.3 is 6.03 Å². The molecule has 1 fully saturated rings. The smallest absolute Gasteiger partial charge is 0.322 e. The molecule has 44 heavy (non-hydrogen) atoms. The van der Waals surface area contributed by atoms with Crippen molar-refractivity contribution in [2.24, 2.45) is 0 Å². The predicted octanol–water partition coefficient (Wildman–Crippen LogP) is 6.45. The summed E-state index contributed by atoms with van der Waals surface area (Å²) in [5.41, 5.74) is 3.97. The van der Waals surface area contributed by atoms with Gasteiger partial charge in [-0.25, -0.2) is 18.6 Å². The van der Waals surface area contributed by atoms with Gasteiger partial charge < -0.3 is 24.8 Å². The maximum atomic E-state index is 14.1. The Morgan fingerprint density at radius 3 is 2.73 bits per heavy atom. The minimum Gasteiger partial charge on any atom is -0.457 e. The largest absolute Gasteiger partial charge is 0.457 e. The van der Waals surface area contributed by atoms with Crippen LogP contribution in [0, 0.1) is 11.3 Å². The van der Waals surface area contributed by atoms with Crippen LogP contribution in [-0.2, 0) is 13.1 Å². The highest BCUT2D eigenvalue weighted by molar-refractivity contribution is 5.90. The third-order valence-electron chi connectivity index (χ3n) is 8.60. The Morgan fingerprint density at radius 2 is 1.98 bits per heavy atom. The number of hydrogen-bond acceptors (Lipinski definition) is 6. The van der Waals surface area contributed by atoms with Crippen molar-refractivity contribution >= 4 is 22.8 Å². The van der Waals surface area contributed by atoms with Crippen LogP contribution in [0.4, 0.5) is 19.3 Å². The Labute approximate surface area is 255 Å². The summed E-state index contributed by atoms with van der Waals surface area (Å²) >= 11 is 0. The lowest BCUT2D eigenvalue weighted by atomic mass is 9.88. The van der Waals surface area contributed by atoms with Crippen molar-refractivity contribution in [3.05, 3.63) is 82.7 Å². The van der Waals surface area contributed by atoms with Gasteiger partial charge in [-0.1, -0.05) is 19.1 Å². The number of anilines is 1. The normalized spacial score (nSPS) is 17.5. The fourth-order valence-electron chi connectivity index (χ4n) is 6.07. The lowest BCUT2D eigenvalue weighted by molar-refractivity contribution is 0.136. The molecular formula is C33H35F2N7O2. The van der Waals surface area contributed by atoms with Crippen molar-refractivity contribution in [2.75, 3.05) is 45.1 Å². The van der Waals surface area contributed by atoms with E-state index >= 15 is 0 Å². The number of aromatic nitrogens is 2. The molecule has 228 valence electrons. The quantitative estimate of drug-likeness (QED) is 0.253. The molecule has 2 amide bonds. The number of urea groups is 1. The zero-order valence-corrected chi connectivity index (χ0v) is 24.8. The van der Waals surface area contributed by atoms with Crippen LogP contribution in [0.15, 0.2) is 54.7 Å². The number of amides is 2. The van der Waals surface area contributed by atoms with Crippen LogP contribution in [0.25, 0.3) is 11.0 Å². The Hall–Kier alpha value is -4.53. The number of carbonyl (C=O) groups excluding carboxylic acids is 1. The Morgan fingerprint density at radius 1 is 1.16 bits per heavy atom. The molecule has 2 N–H and O–H groups in total. The van der Waals surface area contributed by atoms with Crippen molar-refractivity contribution in [2.45, 2.75) is 38.8 Å². The molecule has 0 saturated carbocycles. The number of carbonyl (C=O) groups is 1. The minimum absolute atomic E-state index is 0.0477. The van der Waals surface area contributed by atoms with Gasteiger partial charge in [-0.15, -0.1) is 0 Å². The molecule has 4 heterocycles. The van der Waals surface area contributed by atoms with Gasteiger partial charge in [0.1, 0.15) is 28.9 Å². The van der Waals surface area contributed by atoms with E-state index < -0.39 is 6.43 Å². The fraction of sp³-hybridized carbons (Fsp3) is 0.364. The van der Waals surface area contributed by atoms with Crippen LogP contribution in [-0.4, -0.2) is 70.5 Å². The molecule has 2 aromatic heterocycles. The summed E-state index contributed by atoms with van der Waals surface area (Å²) in [4.78, 5) is 26.8. The van der Waals surface area contributed by atoms with Crippen molar-refractivity contribution in [1.82, 2.24) is 24.7 Å². The molecule has 0 bridgehead atoms. The van der Waals surface area contributed by atoms with Crippen LogP contribution in [0.1, 0.15) is 53.6 Å². The van der Waals surface area contributed by atoms with Crippen LogP contribution >= 0.6 is 0 Å². The van der Waals surface area contributed by atoms with E-state index in [0.717, 1.165) is 43.7 Å². The van der Waals surface area contributed by atoms with Crippen molar-refractivity contribution < 1.29 is 18.3 Å². The lowest BCUT2D eigenvalue weighted by Gasteiger charge is -2.34. The molecule has 2 aromatic carbocycles. The van der Waals surface area contributed by atoms with Crippen LogP contribution in [0.3, 0.4) is 0 Å². The number of halogens is 2. The van der Waals surface area contributed by atoms with Gasteiger partial charge in [-0.05, 0) is 66.6 Å². The number of piperazine rings is 1. The van der Waals surface area contributed by atoms with Crippen molar-refractivity contribution in [3.63, 3.8) is 0 Å². The Kier molecular flexibility index (Phi) is 8.46. The second-order valence-electron chi connectivity index (χ2n) is 11.5. The molecule has 11 heteroatoms. The number of hydrogen-bond donors (Lipinski definition) is 2. The van der Waals surface area contributed by atoms with E-state index in [2.05, 4.69) is 45.1 Å². The van der Waals surface area contributed by atoms with E-state index in [-0.39, 0.29) is 17.5 Å². The molecule has 1 saturated heterocycles. The number of nitrogens with zero attached hydrogens (tertiary/aromatic N) is 5. The number of pyridine rings is 1. The summed E-state index contributed by atoms with van der Waals surface area (Å²) in [5, 5.41) is 12.8. The monoisotopic (exact) mass is 599 g/mol. The predicted molar refractivity (Wildman–Crippen MR) is 164 cm³/mol. The van der Waals surface area contributed by atoms with Crippen LogP contribution < -0.4 is 10.1 Å². The molecule has 0 radical (unpaired) electrons. The van der Waals surface area contributed by atoms with Gasteiger partial charge in [0.05, 0.1) is 5.39 Å². The zero-order chi connectivity index (χ0) is 30.8. The summed E-state index contributed by atoms with van der Waals surface area (Å²) in [5.74, 6) is 1.29. The second-order valence-corrected chi connectivity index (χ2v) is 11.5. The average molecular weight is 600 g/mol. The Bertz CT molecular complexity index is 1710. The SMILES string of the molecule is CC[C@@H]1CN(C(=O)Nc2ccc(CN3CCN(C)CC3)c(C(F)F)c2)Cc2cc(Oc3ccnc4[nH]c(C#N)cc34)ccc21. The standard InChI is InChI=1S/C33H35F2N7O2/c1-3-21-19-42(33(43)39-24-5-4-22(28(15-24)31(34)35)18-41-12-10-40(2)11-13-41)20-23-14-26(6-7-27(21)23)44-30-8-9-37-32-29(30)16-25(17-36)38-32/h4-9,14-16,21,31H,3,10-13,18-20H2,1-2H3,(H,37,38)(H,39,43)/t21-/m1/s1. The van der Waals surface area contributed by atoms with E-state index in [1.807, 2.05) is 18.2 Å². The number of ether oxygens (including phenoxy) is 1. The highest BCUT2D eigenvalue weighted by Gasteiger charge is 2.28. The third-order valence-corrected chi connectivity index (χ3v) is 8.60. The van der Waals surface area contributed by atoms with E-state index in [1.165, 1.54) is 6.07 Å². The number of H-pyrrole nitrogens is 1. The van der Waals surface area contributed by atoms with E-state index in [0.29, 0.717) is 59.1 Å². The van der Waals surface area contributed by atoms with Crippen LogP contribution in [0.2, 0.25) is 0 Å². The minimum atomic E-state index is -2.64. The van der Waals surface area contributed by atoms with Gasteiger partial charge in [0.25, 0.3) is 6.43 Å². The molecule has 9 nitrogen and oxygen atoms in total. The summed E-state index contributed by atoms with van der Waals surface area (Å²) in [6.45, 7) is 6.90. The molecule has 0 aliphatic carbocycles. The van der Waals surface area contributed by atoms with Crippen LogP contribution in [0.5, 0.6) is 11.5 Å². The number of benzene rings is 2. The van der Waals surface area contributed by atoms with E-state index in [9.17, 15) is 18.8 Å². The lowest BCUT2D eigenvalue weighted by Crippen LogP contribution is -2.44. The summed E-state index contributed by atoms with van der Waals surface area (Å²) < 4.78 is 34.4. The van der Waals surface area contributed by atoms with Crippen molar-refractivity contribution in [3.8, 4) is 17.6 Å². The topological polar surface area (TPSA) is 101 Å². The maximum Gasteiger partial charge on any atom is 0.322 e. The third kappa shape index (κ3) is 6.23. The zero-order valence-electron chi connectivity index (χ0n) is 24.8. The fourth-order valence-corrected chi connectivity index (χ4v) is 6.07. The molecule has 4 aromatic rings. The number of alkyl halides is 2. The summed E-state index contributed by atoms with van der Waals surface area (Å²) in [7, 11) is 2.06. The number of aromatic amines is 1. The first-order chi connectivity index (χ1) is 21.3. The van der Waals surface area contributed by atoms with Gasteiger partial charge in [-0.2, -0.15) is 5.26 Å². The molecule has 1 atom stereocenters. The molecule has 6 rings (SSSR count). The first kappa shape index (κ1) is 29.5. The van der Waals surface area contributed by atoms with Gasteiger partial charge in [0.15, 0.2) is 0 Å². The van der Waals surface area contributed by atoms with Gasteiger partial charge in [0.2, 0.25) is 0 Å². The first-order valence-electron chi connectivity index (χ1n) is 14.9. The Balaban J connectivity index is 1.18. The van der Waals surface area contributed by atoms with Crippen molar-refractivity contribution in [1.29, 1.82) is 5.26 Å². The number of fused-ring (bicyclic) bond motifs is 2. The average Bonchev–Trinajstić information content (AvgIpc) is 3.47. The maximum absolute atomic E-state index is 14.1. The molecule has 2 aliphatic heterocycles. The number of nitriles is 1. The molecule has 2 aliphatic rings. The molecular weight excluding hydrogens is 564 g/mol. The molecule has 0 spiro atoms. The van der Waals surface area contributed by atoms with Gasteiger partial charge in [-0.3, -0.25) is 4.90 Å². The highest BCUT2D eigenvalue weighted by Crippen LogP contribution is 2.36. The summed E-state index contributed by atoms with van der Waals surface area (Å²) in [6.07, 6.45) is -0.192. The van der Waals surface area contributed by atoms with E-state index in [4.69, 9.17) is 4.74 Å². The van der Waals surface area contributed by atoms with E-state index in [1.54, 1.807) is 35.4 Å². The molecule has 0 unspecified atom stereocenters. The van der Waals surface area contributed by atoms with Gasteiger partial charge in [0, 0.05) is 69.2 Å². The highest BCUT2D eigenvalue weighted by atomic mass is 19.3. The second kappa shape index (κ2) is 12.6.